The number of ether oxygens (including phenoxy) is 1. The summed E-state index contributed by atoms with van der Waals surface area (Å²) in [5.41, 5.74) is -0.268. The normalized spacial score (nSPS) is 10.9. The summed E-state index contributed by atoms with van der Waals surface area (Å²) >= 11 is 0. The first-order valence-corrected chi connectivity index (χ1v) is 11.4. The van der Waals surface area contributed by atoms with Crippen LogP contribution < -0.4 is 15.7 Å². The highest BCUT2D eigenvalue weighted by atomic mass is 19.1. The lowest BCUT2D eigenvalue weighted by molar-refractivity contribution is 0.0781. The first-order valence-electron chi connectivity index (χ1n) is 11.4. The highest BCUT2D eigenvalue weighted by molar-refractivity contribution is 5.98. The number of carbonyl (C=O) groups is 1. The average Bonchev–Trinajstić information content (AvgIpc) is 3.26. The van der Waals surface area contributed by atoms with Crippen LogP contribution >= 0.6 is 0 Å². The number of aromatic amines is 1. The minimum Gasteiger partial charge on any atom is -0.507 e. The third-order valence-electron chi connectivity index (χ3n) is 5.69. The molecule has 0 saturated carbocycles. The first-order chi connectivity index (χ1) is 17.8. The Morgan fingerprint density at radius 3 is 2.62 bits per heavy atom. The number of likely N-dealkylation sites (N-methyl/N-ethyl adjacent to an activating group) is 1. The van der Waals surface area contributed by atoms with E-state index in [1.165, 1.54) is 29.2 Å². The van der Waals surface area contributed by atoms with Crippen LogP contribution in [0, 0.1) is 5.82 Å². The number of benzene rings is 3. The lowest BCUT2D eigenvalue weighted by atomic mass is 10.1. The molecule has 0 saturated heterocycles. The number of phenols is 2. The van der Waals surface area contributed by atoms with Gasteiger partial charge in [-0.2, -0.15) is 5.10 Å². The number of aromatic hydroxyl groups is 2. The van der Waals surface area contributed by atoms with Crippen molar-refractivity contribution < 1.29 is 24.1 Å². The summed E-state index contributed by atoms with van der Waals surface area (Å²) in [6.45, 7) is 1.27. The van der Waals surface area contributed by atoms with Gasteiger partial charge in [0.25, 0.3) is 5.91 Å². The van der Waals surface area contributed by atoms with Crippen molar-refractivity contribution in [1.82, 2.24) is 25.0 Å². The molecule has 0 aliphatic rings. The molecule has 0 aliphatic heterocycles. The number of phenolic OH excluding ortho intramolecular Hbond substituents is 2. The van der Waals surface area contributed by atoms with Crippen molar-refractivity contribution in [2.45, 2.75) is 6.54 Å². The number of nitrogens with one attached hydrogen (secondary N) is 2. The number of amides is 1. The number of aromatic nitrogens is 3. The SMILES string of the molecule is CNCCOc1ccccc1CN(C)C(=O)c1cc(-c2n[nH]c(=O)n2-c2ccccc2F)c(O)cc1O. The average molecular weight is 508 g/mol. The summed E-state index contributed by atoms with van der Waals surface area (Å²) in [6, 6.07) is 15.1. The zero-order chi connectivity index (χ0) is 26.5. The number of hydrogen-bond acceptors (Lipinski definition) is 7. The van der Waals surface area contributed by atoms with Gasteiger partial charge in [-0.15, -0.1) is 0 Å². The van der Waals surface area contributed by atoms with Crippen LogP contribution in [0.5, 0.6) is 17.2 Å². The van der Waals surface area contributed by atoms with Gasteiger partial charge in [0.2, 0.25) is 0 Å². The third kappa shape index (κ3) is 5.31. The van der Waals surface area contributed by atoms with Gasteiger partial charge in [-0.1, -0.05) is 30.3 Å². The van der Waals surface area contributed by atoms with E-state index in [4.69, 9.17) is 4.74 Å². The Bertz CT molecular complexity index is 1480. The topological polar surface area (TPSA) is 133 Å². The molecular weight excluding hydrogens is 481 g/mol. The summed E-state index contributed by atoms with van der Waals surface area (Å²) in [7, 11) is 3.38. The molecule has 1 amide bonds. The maximum atomic E-state index is 14.5. The highest BCUT2D eigenvalue weighted by Gasteiger charge is 2.24. The standard InChI is InChI=1S/C26H26FN5O5/c1-28-11-12-37-23-10-6-3-7-16(23)15-31(2)25(35)18-13-17(21(33)14-22(18)34)24-29-30-26(36)32(24)20-9-5-4-8-19(20)27/h3-10,13-14,28,33-34H,11-12,15H2,1-2H3,(H,30,36). The predicted molar refractivity (Wildman–Crippen MR) is 135 cm³/mol. The van der Waals surface area contributed by atoms with Gasteiger partial charge >= 0.3 is 5.69 Å². The molecule has 0 aliphatic carbocycles. The zero-order valence-corrected chi connectivity index (χ0v) is 20.2. The van der Waals surface area contributed by atoms with Crippen LogP contribution in [0.4, 0.5) is 4.39 Å². The lowest BCUT2D eigenvalue weighted by Gasteiger charge is -2.20. The molecule has 0 radical (unpaired) electrons. The smallest absolute Gasteiger partial charge is 0.348 e. The van der Waals surface area contributed by atoms with Gasteiger partial charge in [0.15, 0.2) is 5.82 Å². The van der Waals surface area contributed by atoms with E-state index in [0.29, 0.717) is 18.9 Å². The van der Waals surface area contributed by atoms with Gasteiger partial charge in [-0.25, -0.2) is 18.9 Å². The summed E-state index contributed by atoms with van der Waals surface area (Å²) < 4.78 is 21.2. The van der Waals surface area contributed by atoms with E-state index in [1.807, 2.05) is 25.2 Å². The summed E-state index contributed by atoms with van der Waals surface area (Å²) in [4.78, 5) is 27.2. The Morgan fingerprint density at radius 2 is 1.86 bits per heavy atom. The van der Waals surface area contributed by atoms with Crippen LogP contribution in [0.25, 0.3) is 17.1 Å². The number of rotatable bonds is 9. The van der Waals surface area contributed by atoms with Gasteiger partial charge < -0.3 is 25.2 Å². The minimum absolute atomic E-state index is 0.0491. The van der Waals surface area contributed by atoms with Gasteiger partial charge in [0, 0.05) is 31.8 Å². The lowest BCUT2D eigenvalue weighted by Crippen LogP contribution is -2.27. The van der Waals surface area contributed by atoms with Gasteiger partial charge in [-0.3, -0.25) is 4.79 Å². The van der Waals surface area contributed by atoms with Crippen LogP contribution in [0.2, 0.25) is 0 Å². The maximum Gasteiger partial charge on any atom is 0.348 e. The Morgan fingerprint density at radius 1 is 1.14 bits per heavy atom. The van der Waals surface area contributed by atoms with E-state index in [-0.39, 0.29) is 29.2 Å². The van der Waals surface area contributed by atoms with Crippen LogP contribution in [0.3, 0.4) is 0 Å². The van der Waals surface area contributed by atoms with E-state index in [9.17, 15) is 24.2 Å². The molecule has 11 heteroatoms. The number of hydrogen-bond donors (Lipinski definition) is 4. The van der Waals surface area contributed by atoms with Crippen molar-refractivity contribution in [3.05, 3.63) is 88.1 Å². The van der Waals surface area contributed by atoms with Gasteiger partial charge in [0.1, 0.15) is 29.7 Å². The molecule has 37 heavy (non-hydrogen) atoms. The summed E-state index contributed by atoms with van der Waals surface area (Å²) in [5.74, 6) is -1.66. The van der Waals surface area contributed by atoms with Gasteiger partial charge in [-0.05, 0) is 31.3 Å². The summed E-state index contributed by atoms with van der Waals surface area (Å²) in [5, 5.41) is 30.2. The van der Waals surface area contributed by atoms with E-state index in [2.05, 4.69) is 15.5 Å². The van der Waals surface area contributed by atoms with E-state index in [1.54, 1.807) is 19.2 Å². The molecule has 4 N–H and O–H groups in total. The minimum atomic E-state index is -0.743. The van der Waals surface area contributed by atoms with E-state index >= 15 is 0 Å². The first kappa shape index (κ1) is 25.5. The van der Waals surface area contributed by atoms with Crippen molar-refractivity contribution in [1.29, 1.82) is 0 Å². The molecule has 192 valence electrons. The second kappa shape index (κ2) is 11.0. The fourth-order valence-corrected chi connectivity index (χ4v) is 3.83. The van der Waals surface area contributed by atoms with Crippen molar-refractivity contribution in [3.63, 3.8) is 0 Å². The fraction of sp³-hybridized carbons (Fsp3) is 0.192. The molecule has 0 atom stereocenters. The molecule has 4 rings (SSSR count). The van der Waals surface area contributed by atoms with E-state index < -0.39 is 28.9 Å². The highest BCUT2D eigenvalue weighted by Crippen LogP contribution is 2.35. The van der Waals surface area contributed by atoms with Crippen molar-refractivity contribution in [2.75, 3.05) is 27.2 Å². The third-order valence-corrected chi connectivity index (χ3v) is 5.69. The predicted octanol–water partition coefficient (Wildman–Crippen LogP) is 2.65. The second-order valence-corrected chi connectivity index (χ2v) is 8.25. The zero-order valence-electron chi connectivity index (χ0n) is 20.2. The summed E-state index contributed by atoms with van der Waals surface area (Å²) in [6.07, 6.45) is 0. The Hall–Kier alpha value is -4.64. The Labute approximate surface area is 211 Å². The monoisotopic (exact) mass is 507 g/mol. The van der Waals surface area contributed by atoms with Crippen molar-refractivity contribution >= 4 is 5.91 Å². The fourth-order valence-electron chi connectivity index (χ4n) is 3.83. The largest absolute Gasteiger partial charge is 0.507 e. The molecule has 10 nitrogen and oxygen atoms in total. The molecule has 4 aromatic rings. The molecule has 1 heterocycles. The van der Waals surface area contributed by atoms with E-state index in [0.717, 1.165) is 16.2 Å². The molecule has 0 unspecified atom stereocenters. The molecule has 0 spiro atoms. The number of nitrogens with zero attached hydrogens (tertiary/aromatic N) is 3. The van der Waals surface area contributed by atoms with Crippen molar-refractivity contribution in [2.24, 2.45) is 0 Å². The van der Waals surface area contributed by atoms with Crippen LogP contribution in [-0.2, 0) is 6.54 Å². The van der Waals surface area contributed by atoms with Crippen LogP contribution in [0.1, 0.15) is 15.9 Å². The molecule has 0 bridgehead atoms. The van der Waals surface area contributed by atoms with Gasteiger partial charge in [0.05, 0.1) is 16.8 Å². The Balaban J connectivity index is 1.68. The quantitative estimate of drug-likeness (QED) is 0.256. The number of H-pyrrole nitrogens is 1. The van der Waals surface area contributed by atoms with Crippen molar-refractivity contribution in [3.8, 4) is 34.3 Å². The molecule has 0 fully saturated rings. The molecular formula is C26H26FN5O5. The van der Waals surface area contributed by atoms with Crippen LogP contribution in [0.15, 0.2) is 65.5 Å². The molecule has 1 aromatic heterocycles. The number of halogens is 1. The van der Waals surface area contributed by atoms with Crippen LogP contribution in [-0.4, -0.2) is 63.0 Å². The second-order valence-electron chi connectivity index (χ2n) is 8.25. The Kier molecular flexibility index (Phi) is 7.54. The maximum absolute atomic E-state index is 14.5. The molecule has 3 aromatic carbocycles. The number of para-hydroxylation sites is 2. The number of carbonyl (C=O) groups excluding carboxylic acids is 1.